The van der Waals surface area contributed by atoms with Crippen molar-refractivity contribution in [2.75, 3.05) is 0 Å². The summed E-state index contributed by atoms with van der Waals surface area (Å²) < 4.78 is 17.3. The highest BCUT2D eigenvalue weighted by Crippen LogP contribution is 2.47. The molecule has 5 aromatic rings. The number of nitrogens with one attached hydrogen (secondary N) is 2. The highest BCUT2D eigenvalue weighted by molar-refractivity contribution is 14.1. The van der Waals surface area contributed by atoms with E-state index >= 15 is 0 Å². The van der Waals surface area contributed by atoms with Crippen molar-refractivity contribution in [3.05, 3.63) is 61.0 Å². The van der Waals surface area contributed by atoms with Crippen LogP contribution in [0.15, 0.2) is 31.7 Å². The molecule has 7 rings (SSSR count). The second-order valence-electron chi connectivity index (χ2n) is 8.63. The molecule has 0 bridgehead atoms. The molecular formula is C24H14Cl2I2N6O4. The molecule has 0 aliphatic carbocycles. The Labute approximate surface area is 249 Å². The largest absolute Gasteiger partial charge is 0.451 e. The van der Waals surface area contributed by atoms with Gasteiger partial charge in [0.25, 0.3) is 0 Å². The molecule has 192 valence electrons. The molecule has 2 N–H and O–H groups in total. The van der Waals surface area contributed by atoms with E-state index in [0.29, 0.717) is 66.8 Å². The van der Waals surface area contributed by atoms with Crippen molar-refractivity contribution in [1.82, 2.24) is 19.1 Å². The van der Waals surface area contributed by atoms with Gasteiger partial charge in [0, 0.05) is 19.2 Å². The van der Waals surface area contributed by atoms with E-state index in [1.807, 2.05) is 13.8 Å². The zero-order valence-electron chi connectivity index (χ0n) is 19.5. The molecule has 10 nitrogen and oxygen atoms in total. The van der Waals surface area contributed by atoms with E-state index in [1.54, 1.807) is 21.3 Å². The smallest absolute Gasteiger partial charge is 0.326 e. The first kappa shape index (κ1) is 24.5. The first-order valence-electron chi connectivity index (χ1n) is 11.5. The number of hydrogen-bond acceptors (Lipinski definition) is 6. The molecule has 0 unspecified atom stereocenters. The van der Waals surface area contributed by atoms with Crippen LogP contribution in [-0.4, -0.2) is 19.1 Å². The van der Waals surface area contributed by atoms with Gasteiger partial charge in [-0.2, -0.15) is 0 Å². The second-order valence-corrected chi connectivity index (χ2v) is 11.5. The minimum Gasteiger partial charge on any atom is -0.451 e. The standard InChI is InChI=1S/C24H14Cl2I2N6O4/c1-3-33-9-6-10-16(13(27)15(9)32-24(33)36)31-18-12(26)22-17(11(25)21(18)37-10)29-8-5-7-19(14(28)20(8)38-22)34(4-2)23(35)30-7/h5-6H,3-4H2,1-2H3,(H,30,35)(H,32,36). The maximum atomic E-state index is 12.4. The summed E-state index contributed by atoms with van der Waals surface area (Å²) in [5.41, 5.74) is 3.34. The molecular weight excluding hydrogens is 761 g/mol. The number of rotatable bonds is 2. The summed E-state index contributed by atoms with van der Waals surface area (Å²) >= 11 is 18.0. The fourth-order valence-electron chi connectivity index (χ4n) is 4.90. The number of ether oxygens (including phenoxy) is 2. The number of aromatic amines is 2. The van der Waals surface area contributed by atoms with Crippen molar-refractivity contribution in [2.45, 2.75) is 26.9 Å². The predicted octanol–water partition coefficient (Wildman–Crippen LogP) is 5.64. The van der Waals surface area contributed by atoms with Gasteiger partial charge in [0.05, 0.1) is 29.2 Å². The molecule has 38 heavy (non-hydrogen) atoms. The molecule has 4 heterocycles. The lowest BCUT2D eigenvalue weighted by molar-refractivity contribution is 0.450. The number of aromatic nitrogens is 4. The van der Waals surface area contributed by atoms with E-state index in [2.05, 4.69) is 55.1 Å². The molecule has 0 saturated heterocycles. The van der Waals surface area contributed by atoms with Crippen LogP contribution in [0.2, 0.25) is 10.0 Å². The topological polar surface area (TPSA) is 119 Å². The van der Waals surface area contributed by atoms with Gasteiger partial charge < -0.3 is 19.4 Å². The zero-order chi connectivity index (χ0) is 26.6. The molecule has 0 atom stereocenters. The van der Waals surface area contributed by atoms with Gasteiger partial charge in [0.1, 0.15) is 32.1 Å². The number of benzene rings is 3. The van der Waals surface area contributed by atoms with Crippen molar-refractivity contribution in [1.29, 1.82) is 0 Å². The molecule has 2 aliphatic heterocycles. The Morgan fingerprint density at radius 1 is 0.868 bits per heavy atom. The minimum atomic E-state index is -0.212. The summed E-state index contributed by atoms with van der Waals surface area (Å²) in [5, 5.41) is 0.982. The van der Waals surface area contributed by atoms with Gasteiger partial charge in [0.2, 0.25) is 0 Å². The summed E-state index contributed by atoms with van der Waals surface area (Å²) in [6.07, 6.45) is 0. The number of H-pyrrole nitrogens is 2. The van der Waals surface area contributed by atoms with Crippen molar-refractivity contribution >= 4 is 102 Å². The van der Waals surface area contributed by atoms with Crippen molar-refractivity contribution in [3.8, 4) is 23.0 Å². The summed E-state index contributed by atoms with van der Waals surface area (Å²) in [6, 6.07) is 3.52. The van der Waals surface area contributed by atoms with Crippen molar-refractivity contribution in [2.24, 2.45) is 9.98 Å². The third kappa shape index (κ3) is 3.17. The van der Waals surface area contributed by atoms with Crippen LogP contribution in [0.5, 0.6) is 23.0 Å². The molecule has 0 amide bonds. The van der Waals surface area contributed by atoms with E-state index in [-0.39, 0.29) is 32.9 Å². The lowest BCUT2D eigenvalue weighted by Gasteiger charge is -2.22. The van der Waals surface area contributed by atoms with E-state index in [0.717, 1.165) is 9.09 Å². The molecule has 0 saturated carbocycles. The summed E-state index contributed by atoms with van der Waals surface area (Å²) in [7, 11) is 0. The predicted molar refractivity (Wildman–Crippen MR) is 160 cm³/mol. The number of imidazole rings is 2. The summed E-state index contributed by atoms with van der Waals surface area (Å²) in [6.45, 7) is 4.78. The van der Waals surface area contributed by atoms with Gasteiger partial charge >= 0.3 is 11.4 Å². The highest BCUT2D eigenvalue weighted by Gasteiger charge is 2.30. The monoisotopic (exact) mass is 774 g/mol. The van der Waals surface area contributed by atoms with Crippen LogP contribution in [0.25, 0.3) is 22.1 Å². The van der Waals surface area contributed by atoms with E-state index in [9.17, 15) is 9.59 Å². The van der Waals surface area contributed by atoms with Crippen LogP contribution >= 0.6 is 68.4 Å². The SMILES string of the molecule is CCn1c(=O)[nH]c2c(I)c3c(cc21)Oc1c(Cl)c2c(c(Cl)c1=N3)Oc1c(cc3[nH]c(=O)n(CC)c3c1I)N=2. The lowest BCUT2D eigenvalue weighted by Crippen LogP contribution is -2.22. The number of nitrogens with zero attached hydrogens (tertiary/aromatic N) is 4. The van der Waals surface area contributed by atoms with Gasteiger partial charge in [-0.05, 0) is 65.1 Å². The maximum absolute atomic E-state index is 12.4. The number of aryl methyl sites for hydroxylation is 2. The van der Waals surface area contributed by atoms with Gasteiger partial charge in [0.15, 0.2) is 23.0 Å². The molecule has 0 radical (unpaired) electrons. The van der Waals surface area contributed by atoms with Gasteiger partial charge in [-0.1, -0.05) is 23.2 Å². The molecule has 0 spiro atoms. The first-order valence-corrected chi connectivity index (χ1v) is 14.4. The fraction of sp³-hybridized carbons (Fsp3) is 0.167. The molecule has 2 aromatic heterocycles. The Hall–Kier alpha value is -2.56. The first-order chi connectivity index (χ1) is 18.2. The van der Waals surface area contributed by atoms with Gasteiger partial charge in [-0.15, -0.1) is 0 Å². The third-order valence-corrected chi connectivity index (χ3v) is 9.39. The highest BCUT2D eigenvalue weighted by atomic mass is 127. The van der Waals surface area contributed by atoms with E-state index in [1.165, 1.54) is 0 Å². The average molecular weight is 775 g/mol. The zero-order valence-corrected chi connectivity index (χ0v) is 25.3. The van der Waals surface area contributed by atoms with Crippen LogP contribution in [0.1, 0.15) is 13.8 Å². The number of fused-ring (bicyclic) bond motifs is 6. The van der Waals surface area contributed by atoms with E-state index in [4.69, 9.17) is 42.7 Å². The molecule has 2 aliphatic rings. The number of hydrogen-bond donors (Lipinski definition) is 2. The summed E-state index contributed by atoms with van der Waals surface area (Å²) in [5.74, 6) is 1.41. The molecule has 3 aromatic carbocycles. The quantitative estimate of drug-likeness (QED) is 0.221. The molecule has 0 fully saturated rings. The number of halogens is 4. The normalized spacial score (nSPS) is 13.2. The lowest BCUT2D eigenvalue weighted by atomic mass is 10.2. The summed E-state index contributed by atoms with van der Waals surface area (Å²) in [4.78, 5) is 40.2. The van der Waals surface area contributed by atoms with Gasteiger partial charge in [-0.3, -0.25) is 9.13 Å². The van der Waals surface area contributed by atoms with Crippen LogP contribution in [0, 0.1) is 7.14 Å². The third-order valence-electron chi connectivity index (χ3n) is 6.63. The Morgan fingerprint density at radius 3 is 2.24 bits per heavy atom. The van der Waals surface area contributed by atoms with Crippen LogP contribution < -0.4 is 31.6 Å². The van der Waals surface area contributed by atoms with E-state index < -0.39 is 0 Å². The van der Waals surface area contributed by atoms with Crippen molar-refractivity contribution < 1.29 is 9.47 Å². The average Bonchev–Trinajstić information content (AvgIpc) is 3.40. The fourth-order valence-corrected chi connectivity index (χ4v) is 7.18. The molecule has 14 heteroatoms. The maximum Gasteiger partial charge on any atom is 0.326 e. The van der Waals surface area contributed by atoms with Crippen LogP contribution in [-0.2, 0) is 13.1 Å². The minimum absolute atomic E-state index is 0.186. The van der Waals surface area contributed by atoms with Gasteiger partial charge in [-0.25, -0.2) is 19.6 Å². The van der Waals surface area contributed by atoms with Crippen LogP contribution in [0.4, 0.5) is 11.4 Å². The Morgan fingerprint density at radius 2 is 1.53 bits per heavy atom. The van der Waals surface area contributed by atoms with Crippen LogP contribution in [0.3, 0.4) is 0 Å². The second kappa shape index (κ2) is 8.47. The Kier molecular flexibility index (Phi) is 5.45. The van der Waals surface area contributed by atoms with Crippen molar-refractivity contribution in [3.63, 3.8) is 0 Å². The Balaban J connectivity index is 1.50. The Bertz CT molecular complexity index is 2160.